The largest absolute Gasteiger partial charge is 0.462 e. The molecule has 2 amide bonds. The number of ether oxygens (including phenoxy) is 2. The van der Waals surface area contributed by atoms with Gasteiger partial charge in [0, 0.05) is 29.9 Å². The third-order valence-electron chi connectivity index (χ3n) is 5.87. The maximum atomic E-state index is 13.3. The number of allylic oxidation sites excluding steroid dienone is 1. The number of carbonyl (C=O) groups excluding carboxylic acids is 4. The molecule has 4 N–H and O–H groups in total. The SMILES string of the molecule is CC(C)CC(=O)OCCOC(=O)C1=C(/C=C\c2cccnc2)CS[C@H]2[C@H](NC(=O)C(=NO)c3csc(N)n3)C(=O)N12. The van der Waals surface area contributed by atoms with E-state index in [4.69, 9.17) is 15.2 Å². The Balaban J connectivity index is 1.49. The second-order valence-corrected chi connectivity index (χ2v) is 11.3. The molecular formula is C26H28N6O7S2. The highest BCUT2D eigenvalue weighted by atomic mass is 32.2. The van der Waals surface area contributed by atoms with Gasteiger partial charge in [0.2, 0.25) is 0 Å². The van der Waals surface area contributed by atoms with E-state index in [2.05, 4.69) is 20.4 Å². The summed E-state index contributed by atoms with van der Waals surface area (Å²) in [5, 5.41) is 16.0. The number of rotatable bonds is 11. The molecule has 15 heteroatoms. The van der Waals surface area contributed by atoms with Gasteiger partial charge in [-0.15, -0.1) is 23.1 Å². The standard InChI is InChI=1S/C26H28N6O7S2/c1-14(2)10-18(33)38-8-9-39-25(36)21-16(6-5-15-4-3-7-28-11-15)12-40-24-20(23(35)32(21)24)30-22(34)19(31-37)17-13-41-26(27)29-17/h3-7,11,13-14,20,24,37H,8-10,12H2,1-2H3,(H2,27,29)(H,30,34)/b6-5-,31-19?/t20-,24+/m1/s1. The van der Waals surface area contributed by atoms with Crippen LogP contribution in [0.15, 0.2) is 52.4 Å². The number of esters is 2. The molecular weight excluding hydrogens is 572 g/mol. The predicted octanol–water partition coefficient (Wildman–Crippen LogP) is 1.80. The van der Waals surface area contributed by atoms with E-state index in [0.29, 0.717) is 11.3 Å². The number of thiazole rings is 1. The second-order valence-electron chi connectivity index (χ2n) is 9.33. The number of fused-ring (bicyclic) bond motifs is 1. The van der Waals surface area contributed by atoms with Crippen molar-refractivity contribution in [3.05, 3.63) is 58.5 Å². The summed E-state index contributed by atoms with van der Waals surface area (Å²) < 4.78 is 10.5. The molecule has 0 unspecified atom stereocenters. The lowest BCUT2D eigenvalue weighted by Crippen LogP contribution is -2.71. The topological polar surface area (TPSA) is 186 Å². The summed E-state index contributed by atoms with van der Waals surface area (Å²) in [6, 6.07) is 2.61. The zero-order chi connectivity index (χ0) is 29.5. The number of nitrogen functional groups attached to an aromatic ring is 1. The highest BCUT2D eigenvalue weighted by molar-refractivity contribution is 8.00. The van der Waals surface area contributed by atoms with E-state index in [1.165, 1.54) is 22.0 Å². The Morgan fingerprint density at radius 1 is 1.29 bits per heavy atom. The number of thioether (sulfide) groups is 1. The lowest BCUT2D eigenvalue weighted by atomic mass is 10.0. The number of anilines is 1. The number of pyridine rings is 1. The van der Waals surface area contributed by atoms with Gasteiger partial charge >= 0.3 is 11.9 Å². The second kappa shape index (κ2) is 13.4. The normalized spacial score (nSPS) is 18.8. The number of nitrogens with zero attached hydrogens (tertiary/aromatic N) is 4. The first-order valence-corrected chi connectivity index (χ1v) is 14.5. The molecule has 0 spiro atoms. The average Bonchev–Trinajstić information content (AvgIpc) is 3.38. The summed E-state index contributed by atoms with van der Waals surface area (Å²) in [7, 11) is 0. The Bertz CT molecular complexity index is 1410. The molecule has 2 atom stereocenters. The van der Waals surface area contributed by atoms with E-state index in [0.717, 1.165) is 16.9 Å². The van der Waals surface area contributed by atoms with Gasteiger partial charge in [-0.2, -0.15) is 0 Å². The smallest absolute Gasteiger partial charge is 0.355 e. The van der Waals surface area contributed by atoms with Crippen LogP contribution in [-0.2, 0) is 28.7 Å². The minimum atomic E-state index is -0.996. The van der Waals surface area contributed by atoms with Crippen molar-refractivity contribution in [2.75, 3.05) is 24.7 Å². The number of oxime groups is 1. The third kappa shape index (κ3) is 7.10. The van der Waals surface area contributed by atoms with Crippen LogP contribution in [0.25, 0.3) is 6.08 Å². The molecule has 2 aliphatic rings. The number of nitrogens with two attached hydrogens (primary N) is 1. The molecule has 0 aromatic carbocycles. The first-order valence-electron chi connectivity index (χ1n) is 12.5. The number of nitrogens with one attached hydrogen (secondary N) is 1. The third-order valence-corrected chi connectivity index (χ3v) is 7.85. The lowest BCUT2D eigenvalue weighted by Gasteiger charge is -2.49. The van der Waals surface area contributed by atoms with Gasteiger partial charge in [-0.3, -0.25) is 24.3 Å². The minimum Gasteiger partial charge on any atom is -0.462 e. The van der Waals surface area contributed by atoms with E-state index in [1.807, 2.05) is 19.9 Å². The molecule has 0 saturated carbocycles. The van der Waals surface area contributed by atoms with Crippen LogP contribution in [0.5, 0.6) is 0 Å². The fraction of sp³-hybridized carbons (Fsp3) is 0.346. The van der Waals surface area contributed by atoms with Crippen molar-refractivity contribution in [1.82, 2.24) is 20.2 Å². The van der Waals surface area contributed by atoms with Crippen LogP contribution in [0.1, 0.15) is 31.5 Å². The summed E-state index contributed by atoms with van der Waals surface area (Å²) in [6.07, 6.45) is 7.00. The molecule has 0 radical (unpaired) electrons. The first kappa shape index (κ1) is 29.7. The highest BCUT2D eigenvalue weighted by Gasteiger charge is 2.54. The van der Waals surface area contributed by atoms with E-state index >= 15 is 0 Å². The number of aromatic nitrogens is 2. The minimum absolute atomic E-state index is 0.0289. The Hall–Kier alpha value is -4.24. The zero-order valence-corrected chi connectivity index (χ0v) is 23.8. The monoisotopic (exact) mass is 600 g/mol. The number of carbonyl (C=O) groups is 4. The van der Waals surface area contributed by atoms with Gasteiger partial charge in [0.15, 0.2) is 10.8 Å². The molecule has 2 aromatic rings. The van der Waals surface area contributed by atoms with Crippen molar-refractivity contribution in [3.8, 4) is 0 Å². The Morgan fingerprint density at radius 3 is 2.73 bits per heavy atom. The van der Waals surface area contributed by atoms with Gasteiger partial charge in [-0.25, -0.2) is 9.78 Å². The van der Waals surface area contributed by atoms with Crippen molar-refractivity contribution in [3.63, 3.8) is 0 Å². The summed E-state index contributed by atoms with van der Waals surface area (Å²) in [5.74, 6) is -2.08. The predicted molar refractivity (Wildman–Crippen MR) is 152 cm³/mol. The van der Waals surface area contributed by atoms with Crippen molar-refractivity contribution in [1.29, 1.82) is 0 Å². The van der Waals surface area contributed by atoms with Gasteiger partial charge in [0.25, 0.3) is 11.8 Å². The lowest BCUT2D eigenvalue weighted by molar-refractivity contribution is -0.155. The molecule has 4 heterocycles. The van der Waals surface area contributed by atoms with E-state index in [1.54, 1.807) is 30.6 Å². The zero-order valence-electron chi connectivity index (χ0n) is 22.2. The average molecular weight is 601 g/mol. The summed E-state index contributed by atoms with van der Waals surface area (Å²) >= 11 is 2.40. The molecule has 2 aromatic heterocycles. The van der Waals surface area contributed by atoms with Crippen LogP contribution in [0.4, 0.5) is 5.13 Å². The van der Waals surface area contributed by atoms with Gasteiger partial charge in [0.1, 0.15) is 36.0 Å². The fourth-order valence-electron chi connectivity index (χ4n) is 4.00. The van der Waals surface area contributed by atoms with E-state index < -0.39 is 40.9 Å². The molecule has 13 nitrogen and oxygen atoms in total. The molecule has 1 fully saturated rings. The van der Waals surface area contributed by atoms with Gasteiger partial charge < -0.3 is 25.7 Å². The summed E-state index contributed by atoms with van der Waals surface area (Å²) in [5.41, 5.74) is 6.62. The van der Waals surface area contributed by atoms with E-state index in [9.17, 15) is 24.4 Å². The van der Waals surface area contributed by atoms with Crippen LogP contribution in [0.3, 0.4) is 0 Å². The number of hydrogen-bond donors (Lipinski definition) is 3. The highest BCUT2D eigenvalue weighted by Crippen LogP contribution is 2.41. The molecule has 0 aliphatic carbocycles. The molecule has 2 aliphatic heterocycles. The number of β-lactam (4-membered cyclic amide) rings is 1. The summed E-state index contributed by atoms with van der Waals surface area (Å²) in [6.45, 7) is 3.45. The summed E-state index contributed by atoms with van der Waals surface area (Å²) in [4.78, 5) is 60.4. The number of amides is 2. The fourth-order valence-corrected chi connectivity index (χ4v) is 5.87. The van der Waals surface area contributed by atoms with Crippen molar-refractivity contribution in [2.24, 2.45) is 11.1 Å². The maximum absolute atomic E-state index is 13.3. The Kier molecular flexibility index (Phi) is 9.73. The van der Waals surface area contributed by atoms with Gasteiger partial charge in [-0.1, -0.05) is 37.2 Å². The van der Waals surface area contributed by atoms with Crippen LogP contribution >= 0.6 is 23.1 Å². The number of hydrogen-bond acceptors (Lipinski definition) is 13. The van der Waals surface area contributed by atoms with Crippen LogP contribution in [0, 0.1) is 5.92 Å². The molecule has 216 valence electrons. The first-order chi connectivity index (χ1) is 19.7. The van der Waals surface area contributed by atoms with E-state index in [-0.39, 0.29) is 42.1 Å². The van der Waals surface area contributed by atoms with Crippen molar-refractivity contribution < 1.29 is 33.9 Å². The molecule has 0 bridgehead atoms. The van der Waals surface area contributed by atoms with Crippen LogP contribution in [0.2, 0.25) is 0 Å². The molecule has 1 saturated heterocycles. The van der Waals surface area contributed by atoms with Crippen molar-refractivity contribution in [2.45, 2.75) is 31.7 Å². The maximum Gasteiger partial charge on any atom is 0.355 e. The van der Waals surface area contributed by atoms with Crippen LogP contribution in [-0.4, -0.2) is 79.9 Å². The van der Waals surface area contributed by atoms with Crippen molar-refractivity contribution >= 4 is 63.8 Å². The van der Waals surface area contributed by atoms with Gasteiger partial charge in [-0.05, 0) is 23.1 Å². The van der Waals surface area contributed by atoms with Crippen LogP contribution < -0.4 is 11.1 Å². The van der Waals surface area contributed by atoms with Gasteiger partial charge in [0.05, 0.1) is 0 Å². The quantitative estimate of drug-likeness (QED) is 0.0852. The Morgan fingerprint density at radius 2 is 2.07 bits per heavy atom. The molecule has 41 heavy (non-hydrogen) atoms. The molecule has 4 rings (SSSR count). The Labute approximate surface area is 243 Å².